The molecule has 6 heterocycles. The van der Waals surface area contributed by atoms with E-state index in [4.69, 9.17) is 52.1 Å². The monoisotopic (exact) mass is 1200 g/mol. The molecule has 6 aliphatic rings. The van der Waals surface area contributed by atoms with E-state index in [1.165, 1.54) is 13.8 Å². The van der Waals surface area contributed by atoms with Gasteiger partial charge in [-0.1, -0.05) is 0 Å². The quantitative estimate of drug-likeness (QED) is 0.0399. The Hall–Kier alpha value is -2.66. The summed E-state index contributed by atoms with van der Waals surface area (Å²) in [5.41, 5.74) is 0. The summed E-state index contributed by atoms with van der Waals surface area (Å²) in [6.45, 7) is -3.38. The summed E-state index contributed by atoms with van der Waals surface area (Å²) in [7, 11) is -10.5. The average Bonchev–Trinajstić information content (AvgIpc) is 3.41. The van der Waals surface area contributed by atoms with Crippen molar-refractivity contribution in [1.29, 1.82) is 0 Å². The molecule has 0 spiro atoms. The zero-order valence-electron chi connectivity index (χ0n) is 41.8. The van der Waals surface area contributed by atoms with Crippen molar-refractivity contribution in [2.24, 2.45) is 29.6 Å². The lowest BCUT2D eigenvalue weighted by atomic mass is 9.79. The highest BCUT2D eigenvalue weighted by molar-refractivity contribution is 7.81. The van der Waals surface area contributed by atoms with Gasteiger partial charge in [-0.05, 0) is 19.9 Å². The van der Waals surface area contributed by atoms with Gasteiger partial charge in [-0.15, -0.1) is 0 Å². The highest BCUT2D eigenvalue weighted by Gasteiger charge is 2.53. The highest BCUT2D eigenvalue weighted by atomic mass is 32.3. The molecule has 5 saturated heterocycles. The Morgan fingerprint density at radius 2 is 1.03 bits per heavy atom. The van der Waals surface area contributed by atoms with Crippen LogP contribution in [0.5, 0.6) is 0 Å². The Kier molecular flexibility index (Phi) is 23.1. The van der Waals surface area contributed by atoms with Crippen LogP contribution in [-0.2, 0) is 90.9 Å². The first kappa shape index (κ1) is 65.5. The van der Waals surface area contributed by atoms with Gasteiger partial charge in [-0.25, -0.2) is 18.0 Å². The van der Waals surface area contributed by atoms with Crippen molar-refractivity contribution in [1.82, 2.24) is 0 Å². The predicted molar refractivity (Wildman–Crippen MR) is 243 cm³/mol. The van der Waals surface area contributed by atoms with Crippen LogP contribution < -0.4 is 0 Å². The Morgan fingerprint density at radius 1 is 0.532 bits per heavy atom. The van der Waals surface area contributed by atoms with Crippen LogP contribution >= 0.6 is 0 Å². The number of aliphatic carboxylic acids is 2. The predicted octanol–water partition coefficient (Wildman–Crippen LogP) is -9.09. The zero-order chi connectivity index (χ0) is 58.6. The number of ether oxygens (including phenoxy) is 11. The lowest BCUT2D eigenvalue weighted by Crippen LogP contribution is -2.61. The molecule has 6 aliphatic heterocycles. The third kappa shape index (κ3) is 16.2. The molecule has 16 N–H and O–H groups in total. The molecule has 0 bridgehead atoms. The fraction of sp³-hybridized carbons (Fsp3) is 0.905. The molecule has 35 nitrogen and oxygen atoms in total. The minimum absolute atomic E-state index is 0.294. The number of hydrogen-bond donors (Lipinski definition) is 16. The molecule has 0 radical (unpaired) electrons. The third-order valence-corrected chi connectivity index (χ3v) is 15.3. The lowest BCUT2D eigenvalue weighted by Gasteiger charge is -2.46. The molecular formula is C42H68O35S2. The number of carbonyl (C=O) groups is 2. The summed E-state index contributed by atoms with van der Waals surface area (Å²) >= 11 is 0. The largest absolute Gasteiger partial charge is 0.479 e. The van der Waals surface area contributed by atoms with Crippen LogP contribution in [0.1, 0.15) is 13.8 Å². The fourth-order valence-electron chi connectivity index (χ4n) is 9.89. The van der Waals surface area contributed by atoms with E-state index in [9.17, 15) is 107 Å². The minimum atomic E-state index is -5.27. The third-order valence-electron chi connectivity index (χ3n) is 14.3. The van der Waals surface area contributed by atoms with Crippen molar-refractivity contribution >= 4 is 32.7 Å². The molecule has 0 aromatic rings. The van der Waals surface area contributed by atoms with Crippen molar-refractivity contribution in [3.8, 4) is 0 Å². The summed E-state index contributed by atoms with van der Waals surface area (Å²) in [5.74, 6) is -10.5. The van der Waals surface area contributed by atoms with Crippen LogP contribution in [0.4, 0.5) is 0 Å². The van der Waals surface area contributed by atoms with E-state index in [2.05, 4.69) is 8.37 Å². The summed E-state index contributed by atoms with van der Waals surface area (Å²) in [6.07, 6.45) is -38.3. The Morgan fingerprint density at radius 3 is 1.54 bits per heavy atom. The van der Waals surface area contributed by atoms with Crippen molar-refractivity contribution in [3.63, 3.8) is 0 Å². The summed E-state index contributed by atoms with van der Waals surface area (Å²) in [5, 5.41) is 149. The summed E-state index contributed by atoms with van der Waals surface area (Å²) < 4.78 is 135. The topological polar surface area (TPSA) is 546 Å². The van der Waals surface area contributed by atoms with E-state index in [-0.39, 0.29) is 6.61 Å². The number of rotatable bonds is 24. The number of hydrogen-bond acceptors (Lipinski definition) is 31. The van der Waals surface area contributed by atoms with Gasteiger partial charge in [0.05, 0.1) is 96.1 Å². The maximum absolute atomic E-state index is 12.7. The number of aliphatic hydroxyl groups excluding tert-OH is 12. The molecule has 27 atom stereocenters. The second-order valence-electron chi connectivity index (χ2n) is 19.6. The van der Waals surface area contributed by atoms with Crippen LogP contribution in [0.25, 0.3) is 0 Å². The van der Waals surface area contributed by atoms with Crippen LogP contribution in [0.2, 0.25) is 0 Å². The maximum atomic E-state index is 12.7. The normalized spacial score (nSPS) is 44.4. The molecule has 79 heavy (non-hydrogen) atoms. The van der Waals surface area contributed by atoms with Gasteiger partial charge in [-0.2, -0.15) is 16.8 Å². The van der Waals surface area contributed by atoms with Crippen LogP contribution in [0.15, 0.2) is 11.8 Å². The van der Waals surface area contributed by atoms with Gasteiger partial charge < -0.3 is 124 Å². The lowest BCUT2D eigenvalue weighted by molar-refractivity contribution is -0.306. The molecule has 0 aromatic heterocycles. The maximum Gasteiger partial charge on any atom is 0.397 e. The van der Waals surface area contributed by atoms with Gasteiger partial charge >= 0.3 is 32.7 Å². The SMILES string of the molecule is CC1O[C@@H](OCC2C(CO[C@@H]3OC(C(=O)O)[C@@H](COC[C@H]4OC(CO)[C@@H](O)C(CO[C@@H]5OC(C)[C@@H](O)C(OS(=O)(=O)O)C5O)C4CO[C@@H]4OC(C(=O)O)=CC(O)C4O)C(O)C3O)COC(CO)[C@H]2O)C(O)C(OS(=O)(=O)O)[C@@H]1O. The zero-order valence-corrected chi connectivity index (χ0v) is 43.4. The molecule has 17 unspecified atom stereocenters. The molecule has 0 aliphatic carbocycles. The molecule has 5 fully saturated rings. The van der Waals surface area contributed by atoms with Crippen molar-refractivity contribution in [2.45, 2.75) is 149 Å². The molecule has 0 saturated carbocycles. The molecule has 0 aromatic carbocycles. The van der Waals surface area contributed by atoms with Gasteiger partial charge in [-0.3, -0.25) is 9.11 Å². The van der Waals surface area contributed by atoms with Crippen LogP contribution in [0.3, 0.4) is 0 Å². The molecule has 37 heteroatoms. The minimum Gasteiger partial charge on any atom is -0.479 e. The van der Waals surface area contributed by atoms with E-state index in [1.54, 1.807) is 0 Å². The number of aliphatic hydroxyl groups is 12. The Balaban J connectivity index is 1.15. The molecule has 6 rings (SSSR count). The molecule has 458 valence electrons. The van der Waals surface area contributed by atoms with Gasteiger partial charge in [0.25, 0.3) is 0 Å². The van der Waals surface area contributed by atoms with Crippen molar-refractivity contribution in [3.05, 3.63) is 11.8 Å². The molecular weight excluding hydrogens is 1130 g/mol. The molecule has 0 amide bonds. The first-order chi connectivity index (χ1) is 37.0. The number of carboxylic acid groups (broad SMARTS) is 2. The van der Waals surface area contributed by atoms with Crippen molar-refractivity contribution < 1.29 is 167 Å². The second-order valence-corrected chi connectivity index (χ2v) is 21.7. The first-order valence-electron chi connectivity index (χ1n) is 24.4. The van der Waals surface area contributed by atoms with E-state index >= 15 is 0 Å². The highest BCUT2D eigenvalue weighted by Crippen LogP contribution is 2.37. The standard InChI is InChI=1S/C42H68O35S2/c1-13-25(46)35(76-78(59,60)61)32(53)41(71-13)68-9-16-15(6-66-22(4-43)27(16)48)7-67-40-31(52)29(50)19(34(75-40)38(57)58)8-65-12-24-17(10-69-39-30(51)20(45)3-21(74-39)37(55)56)18(28(49)23(5-44)73-24)11-70-42-33(54)36(77-79(62,63)64)26(47)14(2)72-42/h3,13-20,22-36,39-54H,4-12H2,1-2H3,(H,55,56)(H,57,58)(H,59,60,61)(H,62,63,64)/t13?,14?,15?,16?,17?,18?,19-,20?,22?,23?,24+,25+,26+,27-,28-,29?,30?,31?,32?,33?,34?,35?,36?,39+,40+,41+,42+/m0/s1. The van der Waals surface area contributed by atoms with Gasteiger partial charge in [0.2, 0.25) is 12.0 Å². The van der Waals surface area contributed by atoms with Gasteiger partial charge in [0.15, 0.2) is 25.0 Å². The van der Waals surface area contributed by atoms with E-state index in [1.807, 2.05) is 0 Å². The summed E-state index contributed by atoms with van der Waals surface area (Å²) in [6, 6.07) is 0. The second kappa shape index (κ2) is 27.8. The summed E-state index contributed by atoms with van der Waals surface area (Å²) in [4.78, 5) is 24.4. The van der Waals surface area contributed by atoms with Crippen molar-refractivity contribution in [2.75, 3.05) is 59.5 Å². The Bertz CT molecular complexity index is 2240. The average molecular weight is 1200 g/mol. The Labute approximate surface area is 449 Å². The van der Waals surface area contributed by atoms with Gasteiger partial charge in [0.1, 0.15) is 67.1 Å². The van der Waals surface area contributed by atoms with E-state index in [0.717, 1.165) is 0 Å². The number of carboxylic acids is 2. The van der Waals surface area contributed by atoms with E-state index in [0.29, 0.717) is 6.08 Å². The first-order valence-corrected chi connectivity index (χ1v) is 27.2. The van der Waals surface area contributed by atoms with Gasteiger partial charge in [0, 0.05) is 29.6 Å². The van der Waals surface area contributed by atoms with E-state index < -0.39 is 256 Å². The smallest absolute Gasteiger partial charge is 0.397 e. The van der Waals surface area contributed by atoms with Crippen LogP contribution in [0, 0.1) is 29.6 Å². The fourth-order valence-corrected chi connectivity index (χ4v) is 10.9. The van der Waals surface area contributed by atoms with Crippen LogP contribution in [-0.4, -0.2) is 304 Å².